The minimum atomic E-state index is -0.609. The molecule has 0 atom stereocenters. The number of furan rings is 2. The highest BCUT2D eigenvalue weighted by atomic mass is 16.3. The van der Waals surface area contributed by atoms with Crippen LogP contribution in [0.3, 0.4) is 0 Å². The highest BCUT2D eigenvalue weighted by molar-refractivity contribution is 6.15. The average molecular weight is 782 g/mol. The van der Waals surface area contributed by atoms with Crippen molar-refractivity contribution in [3.05, 3.63) is 234 Å². The third-order valence-electron chi connectivity index (χ3n) is 13.8. The number of anilines is 3. The lowest BCUT2D eigenvalue weighted by Crippen LogP contribution is -2.28. The van der Waals surface area contributed by atoms with Crippen molar-refractivity contribution >= 4 is 60.9 Å². The second kappa shape index (κ2) is 12.5. The lowest BCUT2D eigenvalue weighted by Gasteiger charge is -2.33. The van der Waals surface area contributed by atoms with E-state index in [-0.39, 0.29) is 5.41 Å². The summed E-state index contributed by atoms with van der Waals surface area (Å²) in [5, 5.41) is 4.32. The molecule has 2 aliphatic carbocycles. The molecule has 3 nitrogen and oxygen atoms in total. The molecule has 2 aromatic heterocycles. The van der Waals surface area contributed by atoms with Crippen LogP contribution in [0.4, 0.5) is 17.1 Å². The van der Waals surface area contributed by atoms with Gasteiger partial charge in [0, 0.05) is 38.2 Å². The highest BCUT2D eigenvalue weighted by Crippen LogP contribution is 2.58. The Balaban J connectivity index is 1.11. The first-order valence-electron chi connectivity index (χ1n) is 21.2. The Bertz CT molecular complexity index is 3540. The van der Waals surface area contributed by atoms with Crippen LogP contribution < -0.4 is 4.90 Å². The standard InChI is InChI=1S/C58H39NO2/c1-57(2)46-26-10-6-19-38(46)41-34-33-37(35-50(41)57)59(51-30-15-24-43-42-22-9-13-32-53(42)60-55(43)51)52-31-16-25-45-44-23-14-29-49(54(44)61-56(45)52)58(36-17-4-3-5-18-36)47-27-11-7-20-39(47)40-21-8-12-28-48(40)58/h3-35H,1-2H3. The van der Waals surface area contributed by atoms with Gasteiger partial charge in [-0.3, -0.25) is 0 Å². The molecule has 13 rings (SSSR count). The Morgan fingerprint density at radius 1 is 0.361 bits per heavy atom. The van der Waals surface area contributed by atoms with Crippen LogP contribution in [0.5, 0.6) is 0 Å². The molecule has 0 radical (unpaired) electrons. The molecule has 0 aliphatic heterocycles. The summed E-state index contributed by atoms with van der Waals surface area (Å²) in [5.74, 6) is 0. The summed E-state index contributed by atoms with van der Waals surface area (Å²) >= 11 is 0. The van der Waals surface area contributed by atoms with E-state index in [9.17, 15) is 0 Å². The minimum Gasteiger partial charge on any atom is -0.454 e. The number of hydrogen-bond donors (Lipinski definition) is 0. The smallest absolute Gasteiger partial charge is 0.159 e. The predicted octanol–water partition coefficient (Wildman–Crippen LogP) is 15.6. The summed E-state index contributed by atoms with van der Waals surface area (Å²) in [6.07, 6.45) is 0. The van der Waals surface area contributed by atoms with Gasteiger partial charge >= 0.3 is 0 Å². The van der Waals surface area contributed by atoms with Crippen LogP contribution in [0.15, 0.2) is 209 Å². The maximum atomic E-state index is 7.51. The molecule has 9 aromatic carbocycles. The van der Waals surface area contributed by atoms with Crippen molar-refractivity contribution in [2.75, 3.05) is 4.90 Å². The SMILES string of the molecule is CC1(C)c2ccccc2-c2ccc(N(c3cccc4c3oc3ccccc34)c3cccc4c3oc3c(C5(c6ccccc6)c6ccccc6-c6ccccc65)cccc34)cc21. The Labute approximate surface area is 353 Å². The molecule has 61 heavy (non-hydrogen) atoms. The van der Waals surface area contributed by atoms with Gasteiger partial charge in [0.25, 0.3) is 0 Å². The van der Waals surface area contributed by atoms with E-state index in [4.69, 9.17) is 8.83 Å². The first kappa shape index (κ1) is 34.3. The van der Waals surface area contributed by atoms with Crippen LogP contribution in [0.2, 0.25) is 0 Å². The molecule has 0 N–H and O–H groups in total. The lowest BCUT2D eigenvalue weighted by molar-refractivity contribution is 0.648. The van der Waals surface area contributed by atoms with Crippen molar-refractivity contribution in [3.63, 3.8) is 0 Å². The van der Waals surface area contributed by atoms with Crippen LogP contribution in [-0.2, 0) is 10.8 Å². The molecule has 2 heterocycles. The Morgan fingerprint density at radius 3 is 1.56 bits per heavy atom. The number of fused-ring (bicyclic) bond motifs is 12. The van der Waals surface area contributed by atoms with E-state index < -0.39 is 5.41 Å². The van der Waals surface area contributed by atoms with Gasteiger partial charge < -0.3 is 13.7 Å². The van der Waals surface area contributed by atoms with Crippen LogP contribution in [0.1, 0.15) is 47.2 Å². The van der Waals surface area contributed by atoms with E-state index in [1.165, 1.54) is 50.1 Å². The topological polar surface area (TPSA) is 29.5 Å². The summed E-state index contributed by atoms with van der Waals surface area (Å²) in [6, 6.07) is 72.7. The van der Waals surface area contributed by atoms with E-state index in [0.29, 0.717) is 0 Å². The van der Waals surface area contributed by atoms with Gasteiger partial charge in [-0.1, -0.05) is 184 Å². The van der Waals surface area contributed by atoms with Gasteiger partial charge in [0.15, 0.2) is 11.2 Å². The van der Waals surface area contributed by atoms with E-state index in [0.717, 1.165) is 66.5 Å². The van der Waals surface area contributed by atoms with Gasteiger partial charge in [0.1, 0.15) is 11.2 Å². The van der Waals surface area contributed by atoms with Gasteiger partial charge in [-0.2, -0.15) is 0 Å². The molecule has 0 spiro atoms. The van der Waals surface area contributed by atoms with E-state index in [1.54, 1.807) is 0 Å². The molecule has 0 saturated carbocycles. The largest absolute Gasteiger partial charge is 0.454 e. The van der Waals surface area contributed by atoms with Gasteiger partial charge in [-0.15, -0.1) is 0 Å². The maximum absolute atomic E-state index is 7.51. The summed E-state index contributed by atoms with van der Waals surface area (Å²) in [5.41, 5.74) is 18.1. The number of nitrogens with zero attached hydrogens (tertiary/aromatic N) is 1. The fourth-order valence-corrected chi connectivity index (χ4v) is 11.1. The third-order valence-corrected chi connectivity index (χ3v) is 13.8. The van der Waals surface area contributed by atoms with Gasteiger partial charge in [0.2, 0.25) is 0 Å². The van der Waals surface area contributed by atoms with Crippen molar-refractivity contribution in [1.29, 1.82) is 0 Å². The van der Waals surface area contributed by atoms with Crippen LogP contribution >= 0.6 is 0 Å². The Hall–Kier alpha value is -7.62. The minimum absolute atomic E-state index is 0.182. The number of benzene rings is 9. The zero-order valence-corrected chi connectivity index (χ0v) is 33.8. The highest BCUT2D eigenvalue weighted by Gasteiger charge is 2.47. The molecule has 0 saturated heterocycles. The van der Waals surface area contributed by atoms with Gasteiger partial charge in [0.05, 0.1) is 16.8 Å². The fraction of sp³-hybridized carbons (Fsp3) is 0.0690. The molecular weight excluding hydrogens is 743 g/mol. The molecule has 288 valence electrons. The zero-order chi connectivity index (χ0) is 40.5. The molecule has 11 aromatic rings. The molecule has 0 fully saturated rings. The molecule has 2 aliphatic rings. The fourth-order valence-electron chi connectivity index (χ4n) is 11.1. The van der Waals surface area contributed by atoms with Crippen LogP contribution in [0.25, 0.3) is 66.1 Å². The van der Waals surface area contributed by atoms with Crippen LogP contribution in [-0.4, -0.2) is 0 Å². The average Bonchev–Trinajstić information content (AvgIpc) is 4.04. The van der Waals surface area contributed by atoms with Crippen molar-refractivity contribution in [3.8, 4) is 22.3 Å². The van der Waals surface area contributed by atoms with E-state index in [2.05, 4.69) is 213 Å². The van der Waals surface area contributed by atoms with Crippen LogP contribution in [0, 0.1) is 0 Å². The zero-order valence-electron chi connectivity index (χ0n) is 33.8. The van der Waals surface area contributed by atoms with Crippen molar-refractivity contribution in [2.24, 2.45) is 0 Å². The molecule has 0 amide bonds. The van der Waals surface area contributed by atoms with E-state index >= 15 is 0 Å². The number of para-hydroxylation sites is 4. The molecule has 0 unspecified atom stereocenters. The van der Waals surface area contributed by atoms with Crippen molar-refractivity contribution in [2.45, 2.75) is 24.7 Å². The first-order valence-corrected chi connectivity index (χ1v) is 21.2. The molecular formula is C58H39NO2. The quantitative estimate of drug-likeness (QED) is 0.174. The van der Waals surface area contributed by atoms with Crippen molar-refractivity contribution in [1.82, 2.24) is 0 Å². The summed E-state index contributed by atoms with van der Waals surface area (Å²) in [7, 11) is 0. The van der Waals surface area contributed by atoms with E-state index in [1.807, 2.05) is 6.07 Å². The predicted molar refractivity (Wildman–Crippen MR) is 251 cm³/mol. The summed E-state index contributed by atoms with van der Waals surface area (Å²) < 4.78 is 14.3. The Kier molecular flexibility index (Phi) is 6.99. The second-order valence-electron chi connectivity index (χ2n) is 17.1. The first-order chi connectivity index (χ1) is 30.0. The third kappa shape index (κ3) is 4.53. The van der Waals surface area contributed by atoms with Gasteiger partial charge in [-0.25, -0.2) is 0 Å². The monoisotopic (exact) mass is 781 g/mol. The molecule has 3 heteroatoms. The second-order valence-corrected chi connectivity index (χ2v) is 17.1. The number of hydrogen-bond acceptors (Lipinski definition) is 3. The number of rotatable bonds is 5. The van der Waals surface area contributed by atoms with Gasteiger partial charge in [-0.05, 0) is 80.4 Å². The lowest BCUT2D eigenvalue weighted by atomic mass is 9.67. The molecule has 0 bridgehead atoms. The van der Waals surface area contributed by atoms with Crippen molar-refractivity contribution < 1.29 is 8.83 Å². The normalized spacial score (nSPS) is 14.3. The maximum Gasteiger partial charge on any atom is 0.159 e. The summed E-state index contributed by atoms with van der Waals surface area (Å²) in [6.45, 7) is 4.68. The Morgan fingerprint density at radius 2 is 0.852 bits per heavy atom. The summed E-state index contributed by atoms with van der Waals surface area (Å²) in [4.78, 5) is 2.36.